The van der Waals surface area contributed by atoms with Gasteiger partial charge in [0.25, 0.3) is 0 Å². The van der Waals surface area contributed by atoms with Crippen molar-refractivity contribution in [1.82, 2.24) is 0 Å². The Kier molecular flexibility index (Phi) is 5.47. The molecule has 2 nitrogen and oxygen atoms in total. The van der Waals surface area contributed by atoms with E-state index in [0.29, 0.717) is 13.2 Å². The van der Waals surface area contributed by atoms with Crippen LogP contribution in [0.25, 0.3) is 0 Å². The third kappa shape index (κ3) is 3.38. The molecule has 0 aliphatic rings. The highest BCUT2D eigenvalue weighted by Gasteiger charge is 2.10. The van der Waals surface area contributed by atoms with Gasteiger partial charge in [0.15, 0.2) is 0 Å². The first kappa shape index (κ1) is 12.8. The molecule has 0 unspecified atom stereocenters. The number of rotatable bonds is 5. The van der Waals surface area contributed by atoms with Crippen molar-refractivity contribution >= 4 is 31.9 Å². The highest BCUT2D eigenvalue weighted by Crippen LogP contribution is 2.36. The molecule has 4 heteroatoms. The Bertz CT molecular complexity index is 299. The van der Waals surface area contributed by atoms with Crippen LogP contribution >= 0.6 is 31.9 Å². The zero-order valence-corrected chi connectivity index (χ0v) is 12.0. The van der Waals surface area contributed by atoms with Crippen LogP contribution in [0, 0.1) is 0 Å². The summed E-state index contributed by atoms with van der Waals surface area (Å²) in [5, 5.41) is 0.792. The number of ether oxygens (including phenoxy) is 2. The lowest BCUT2D eigenvalue weighted by Gasteiger charge is -2.12. The van der Waals surface area contributed by atoms with E-state index in [9.17, 15) is 0 Å². The quantitative estimate of drug-likeness (QED) is 0.752. The van der Waals surface area contributed by atoms with Gasteiger partial charge in [-0.3, -0.25) is 0 Å². The molecule has 0 atom stereocenters. The third-order valence-electron chi connectivity index (χ3n) is 1.82. The molecule has 0 saturated heterocycles. The van der Waals surface area contributed by atoms with Gasteiger partial charge < -0.3 is 9.47 Å². The lowest BCUT2D eigenvalue weighted by Crippen LogP contribution is -1.98. The summed E-state index contributed by atoms with van der Waals surface area (Å²) in [6.45, 7) is 5.23. The van der Waals surface area contributed by atoms with E-state index in [-0.39, 0.29) is 0 Å². The van der Waals surface area contributed by atoms with Crippen molar-refractivity contribution in [2.45, 2.75) is 19.2 Å². The fourth-order valence-corrected chi connectivity index (χ4v) is 2.01. The zero-order valence-electron chi connectivity index (χ0n) is 8.85. The standard InChI is InChI=1S/C11H14Br2O2/c1-3-14-9-5-8(7-12)6-10(11(9)13)15-4-2/h5-6H,3-4,7H2,1-2H3. The summed E-state index contributed by atoms with van der Waals surface area (Å²) in [7, 11) is 0. The van der Waals surface area contributed by atoms with E-state index in [0.717, 1.165) is 26.9 Å². The van der Waals surface area contributed by atoms with Gasteiger partial charge in [-0.1, -0.05) is 15.9 Å². The van der Waals surface area contributed by atoms with Gasteiger partial charge in [-0.25, -0.2) is 0 Å². The van der Waals surface area contributed by atoms with E-state index in [4.69, 9.17) is 9.47 Å². The number of hydrogen-bond donors (Lipinski definition) is 0. The second-order valence-corrected chi connectivity index (χ2v) is 4.26. The highest BCUT2D eigenvalue weighted by molar-refractivity contribution is 9.10. The van der Waals surface area contributed by atoms with Gasteiger partial charge in [0.1, 0.15) is 16.0 Å². The molecule has 1 aromatic carbocycles. The highest BCUT2D eigenvalue weighted by atomic mass is 79.9. The summed E-state index contributed by atoms with van der Waals surface area (Å²) in [5.74, 6) is 1.66. The fourth-order valence-electron chi connectivity index (χ4n) is 1.22. The van der Waals surface area contributed by atoms with Gasteiger partial charge in [0, 0.05) is 5.33 Å². The molecule has 0 heterocycles. The molecule has 0 radical (unpaired) electrons. The Morgan fingerprint density at radius 3 is 1.87 bits per heavy atom. The van der Waals surface area contributed by atoms with Crippen LogP contribution in [0.15, 0.2) is 16.6 Å². The summed E-state index contributed by atoms with van der Waals surface area (Å²) >= 11 is 6.91. The molecule has 0 aliphatic heterocycles. The fraction of sp³-hybridized carbons (Fsp3) is 0.455. The normalized spacial score (nSPS) is 10.1. The van der Waals surface area contributed by atoms with Crippen LogP contribution in [-0.4, -0.2) is 13.2 Å². The van der Waals surface area contributed by atoms with Crippen LogP contribution in [0.1, 0.15) is 19.4 Å². The van der Waals surface area contributed by atoms with Crippen LogP contribution < -0.4 is 9.47 Å². The number of alkyl halides is 1. The maximum Gasteiger partial charge on any atom is 0.137 e. The van der Waals surface area contributed by atoms with Gasteiger partial charge >= 0.3 is 0 Å². The topological polar surface area (TPSA) is 18.5 Å². The summed E-state index contributed by atoms with van der Waals surface area (Å²) in [6, 6.07) is 4.01. The van der Waals surface area contributed by atoms with E-state index in [1.807, 2.05) is 26.0 Å². The van der Waals surface area contributed by atoms with Crippen molar-refractivity contribution in [3.05, 3.63) is 22.2 Å². The van der Waals surface area contributed by atoms with Crippen molar-refractivity contribution in [2.75, 3.05) is 13.2 Å². The second-order valence-electron chi connectivity index (χ2n) is 2.91. The second kappa shape index (κ2) is 6.38. The molecule has 0 spiro atoms. The van der Waals surface area contributed by atoms with Gasteiger partial charge in [-0.15, -0.1) is 0 Å². The minimum absolute atomic E-state index is 0.649. The Labute approximate surface area is 107 Å². The van der Waals surface area contributed by atoms with Crippen LogP contribution in [0.4, 0.5) is 0 Å². The first-order chi connectivity index (χ1) is 7.22. The number of halogens is 2. The van der Waals surface area contributed by atoms with Gasteiger partial charge in [-0.2, -0.15) is 0 Å². The Balaban J connectivity index is 3.08. The predicted molar refractivity (Wildman–Crippen MR) is 69.1 cm³/mol. The van der Waals surface area contributed by atoms with Crippen LogP contribution in [0.3, 0.4) is 0 Å². The Morgan fingerprint density at radius 1 is 1.07 bits per heavy atom. The van der Waals surface area contributed by atoms with Gasteiger partial charge in [0.05, 0.1) is 13.2 Å². The monoisotopic (exact) mass is 336 g/mol. The van der Waals surface area contributed by atoms with Crippen molar-refractivity contribution < 1.29 is 9.47 Å². The molecule has 0 bridgehead atoms. The minimum Gasteiger partial charge on any atom is -0.493 e. The average Bonchev–Trinajstić information content (AvgIpc) is 2.24. The van der Waals surface area contributed by atoms with Gasteiger partial charge in [0.2, 0.25) is 0 Å². The summed E-state index contributed by atoms with van der Waals surface area (Å²) in [4.78, 5) is 0. The molecule has 15 heavy (non-hydrogen) atoms. The number of hydrogen-bond acceptors (Lipinski definition) is 2. The molecule has 0 amide bonds. The first-order valence-electron chi connectivity index (χ1n) is 4.86. The maximum atomic E-state index is 5.52. The lowest BCUT2D eigenvalue weighted by molar-refractivity contribution is 0.319. The van der Waals surface area contributed by atoms with Crippen LogP contribution in [0.2, 0.25) is 0 Å². The SMILES string of the molecule is CCOc1cc(CBr)cc(OCC)c1Br. The minimum atomic E-state index is 0.649. The smallest absolute Gasteiger partial charge is 0.137 e. The summed E-state index contributed by atoms with van der Waals surface area (Å²) in [5.41, 5.74) is 1.14. The van der Waals surface area contributed by atoms with Crippen molar-refractivity contribution in [3.63, 3.8) is 0 Å². The molecule has 0 N–H and O–H groups in total. The number of benzene rings is 1. The van der Waals surface area contributed by atoms with Crippen molar-refractivity contribution in [3.8, 4) is 11.5 Å². The molecule has 84 valence electrons. The van der Waals surface area contributed by atoms with Gasteiger partial charge in [-0.05, 0) is 47.5 Å². The average molecular weight is 338 g/mol. The lowest BCUT2D eigenvalue weighted by atomic mass is 10.2. The zero-order chi connectivity index (χ0) is 11.3. The maximum absolute atomic E-state index is 5.52. The van der Waals surface area contributed by atoms with Crippen LogP contribution in [-0.2, 0) is 5.33 Å². The van der Waals surface area contributed by atoms with Crippen molar-refractivity contribution in [2.24, 2.45) is 0 Å². The molecule has 0 fully saturated rings. The van der Waals surface area contributed by atoms with E-state index in [2.05, 4.69) is 31.9 Å². The summed E-state index contributed by atoms with van der Waals surface area (Å²) in [6.07, 6.45) is 0. The molecular formula is C11H14Br2O2. The van der Waals surface area contributed by atoms with E-state index < -0.39 is 0 Å². The summed E-state index contributed by atoms with van der Waals surface area (Å²) < 4.78 is 11.9. The molecule has 0 saturated carbocycles. The largest absolute Gasteiger partial charge is 0.493 e. The molecule has 0 aromatic heterocycles. The first-order valence-corrected chi connectivity index (χ1v) is 6.78. The van der Waals surface area contributed by atoms with Crippen LogP contribution in [0.5, 0.6) is 11.5 Å². The molecular weight excluding hydrogens is 324 g/mol. The molecule has 1 aromatic rings. The molecule has 0 aliphatic carbocycles. The van der Waals surface area contributed by atoms with E-state index >= 15 is 0 Å². The third-order valence-corrected chi connectivity index (χ3v) is 3.25. The van der Waals surface area contributed by atoms with Crippen molar-refractivity contribution in [1.29, 1.82) is 0 Å². The predicted octanol–water partition coefficient (Wildman–Crippen LogP) is 4.14. The Morgan fingerprint density at radius 2 is 1.53 bits per heavy atom. The van der Waals surface area contributed by atoms with E-state index in [1.54, 1.807) is 0 Å². The molecule has 1 rings (SSSR count). The Hall–Kier alpha value is -0.220. The van der Waals surface area contributed by atoms with E-state index in [1.165, 1.54) is 0 Å².